The van der Waals surface area contributed by atoms with Crippen LogP contribution in [0, 0.1) is 6.92 Å². The molecular weight excluding hydrogens is 330 g/mol. The predicted molar refractivity (Wildman–Crippen MR) is 101 cm³/mol. The fourth-order valence-corrected chi connectivity index (χ4v) is 2.56. The van der Waals surface area contributed by atoms with E-state index in [0.717, 1.165) is 16.6 Å². The van der Waals surface area contributed by atoms with Crippen LogP contribution in [0.5, 0.6) is 0 Å². The number of hydrogen-bond acceptors (Lipinski definition) is 4. The van der Waals surface area contributed by atoms with E-state index < -0.39 is 5.97 Å². The summed E-state index contributed by atoms with van der Waals surface area (Å²) in [5.41, 5.74) is 8.34. The largest absolute Gasteiger partial charge is 0.478 e. The van der Waals surface area contributed by atoms with Gasteiger partial charge in [-0.2, -0.15) is 4.99 Å². The van der Waals surface area contributed by atoms with Gasteiger partial charge in [-0.1, -0.05) is 43.0 Å². The van der Waals surface area contributed by atoms with E-state index in [1.165, 1.54) is 6.07 Å². The third-order valence-electron chi connectivity index (χ3n) is 3.76. The van der Waals surface area contributed by atoms with Crippen molar-refractivity contribution in [2.75, 3.05) is 0 Å². The first-order chi connectivity index (χ1) is 12.5. The number of carboxylic acids is 1. The number of hydrogen-bond donors (Lipinski definition) is 3. The second-order valence-electron chi connectivity index (χ2n) is 5.58. The van der Waals surface area contributed by atoms with Gasteiger partial charge in [0.25, 0.3) is 5.95 Å². The lowest BCUT2D eigenvalue weighted by Crippen LogP contribution is -2.30. The molecule has 4 N–H and O–H groups in total. The fraction of sp³-hybridized carbons (Fsp3) is 0.0526. The molecule has 0 fully saturated rings. The number of guanidine groups is 1. The van der Waals surface area contributed by atoms with Crippen molar-refractivity contribution in [3.8, 4) is 0 Å². The molecule has 2 aromatic carbocycles. The van der Waals surface area contributed by atoms with Gasteiger partial charge in [-0.25, -0.2) is 14.8 Å². The van der Waals surface area contributed by atoms with Crippen LogP contribution in [0.25, 0.3) is 16.6 Å². The second kappa shape index (κ2) is 7.02. The predicted octanol–water partition coefficient (Wildman–Crippen LogP) is 2.84. The molecule has 7 nitrogen and oxygen atoms in total. The van der Waals surface area contributed by atoms with Crippen LogP contribution in [0.4, 0.5) is 5.95 Å². The minimum absolute atomic E-state index is 0.0184. The summed E-state index contributed by atoms with van der Waals surface area (Å²) >= 11 is 0. The maximum absolute atomic E-state index is 11.3. The van der Waals surface area contributed by atoms with Gasteiger partial charge < -0.3 is 16.2 Å². The Morgan fingerprint density at radius 1 is 1.12 bits per heavy atom. The number of benzene rings is 2. The molecule has 0 amide bonds. The molecule has 0 unspecified atom stereocenters. The van der Waals surface area contributed by atoms with Crippen LogP contribution >= 0.6 is 0 Å². The normalized spacial score (nSPS) is 11.3. The lowest BCUT2D eigenvalue weighted by Gasteiger charge is -2.11. The SMILES string of the molecule is C=C(NC(N)=Nc1nc(C)c2ccccc2n1)c1ccccc1C(=O)O. The smallest absolute Gasteiger partial charge is 0.336 e. The molecule has 26 heavy (non-hydrogen) atoms. The van der Waals surface area contributed by atoms with Gasteiger partial charge in [0.2, 0.25) is 5.96 Å². The maximum Gasteiger partial charge on any atom is 0.336 e. The summed E-state index contributed by atoms with van der Waals surface area (Å²) in [5.74, 6) is -0.817. The van der Waals surface area contributed by atoms with E-state index in [4.69, 9.17) is 5.73 Å². The number of aliphatic imine (C=N–C) groups is 1. The van der Waals surface area contributed by atoms with Crippen molar-refractivity contribution >= 4 is 34.5 Å². The van der Waals surface area contributed by atoms with E-state index >= 15 is 0 Å². The molecule has 3 rings (SSSR count). The fourth-order valence-electron chi connectivity index (χ4n) is 2.56. The van der Waals surface area contributed by atoms with Crippen molar-refractivity contribution in [2.24, 2.45) is 10.7 Å². The van der Waals surface area contributed by atoms with Crippen molar-refractivity contribution < 1.29 is 9.90 Å². The van der Waals surface area contributed by atoms with Crippen LogP contribution in [0.1, 0.15) is 21.6 Å². The Balaban J connectivity index is 1.87. The Kier molecular flexibility index (Phi) is 4.62. The Labute approximate surface area is 149 Å². The van der Waals surface area contributed by atoms with Crippen molar-refractivity contribution in [3.63, 3.8) is 0 Å². The standard InChI is InChI=1S/C19H17N5O2/c1-11(13-7-3-4-9-15(13)17(25)26)21-18(20)24-19-22-12(2)14-8-5-6-10-16(14)23-19/h3-10H,1H2,2H3,(H,25,26)(H3,20,21,22,23,24). The summed E-state index contributed by atoms with van der Waals surface area (Å²) in [4.78, 5) is 24.2. The van der Waals surface area contributed by atoms with Gasteiger partial charge in [0.15, 0.2) is 0 Å². The summed E-state index contributed by atoms with van der Waals surface area (Å²) in [7, 11) is 0. The van der Waals surface area contributed by atoms with E-state index in [2.05, 4.69) is 26.9 Å². The summed E-state index contributed by atoms with van der Waals surface area (Å²) in [6.45, 7) is 5.71. The van der Waals surface area contributed by atoms with Crippen molar-refractivity contribution in [1.29, 1.82) is 0 Å². The molecule has 7 heteroatoms. The second-order valence-corrected chi connectivity index (χ2v) is 5.58. The molecule has 0 saturated carbocycles. The van der Waals surface area contributed by atoms with Crippen LogP contribution in [-0.4, -0.2) is 27.0 Å². The number of nitrogens with two attached hydrogens (primary N) is 1. The number of nitrogens with zero attached hydrogens (tertiary/aromatic N) is 3. The minimum atomic E-state index is -1.05. The molecule has 0 atom stereocenters. The van der Waals surface area contributed by atoms with Crippen LogP contribution < -0.4 is 11.1 Å². The van der Waals surface area contributed by atoms with Gasteiger partial charge in [0.05, 0.1) is 16.8 Å². The zero-order valence-electron chi connectivity index (χ0n) is 14.1. The van der Waals surface area contributed by atoms with Crippen LogP contribution in [0.3, 0.4) is 0 Å². The highest BCUT2D eigenvalue weighted by Gasteiger charge is 2.12. The first kappa shape index (κ1) is 17.1. The van der Waals surface area contributed by atoms with Crippen molar-refractivity contribution in [1.82, 2.24) is 15.3 Å². The lowest BCUT2D eigenvalue weighted by molar-refractivity contribution is 0.0696. The molecule has 1 heterocycles. The van der Waals surface area contributed by atoms with Crippen LogP contribution in [0.15, 0.2) is 60.1 Å². The Morgan fingerprint density at radius 3 is 2.50 bits per heavy atom. The molecule has 1 aromatic heterocycles. The monoisotopic (exact) mass is 347 g/mol. The molecule has 0 aliphatic heterocycles. The van der Waals surface area contributed by atoms with Gasteiger partial charge >= 0.3 is 5.97 Å². The zero-order valence-corrected chi connectivity index (χ0v) is 14.1. The van der Waals surface area contributed by atoms with Crippen LogP contribution in [-0.2, 0) is 0 Å². The molecule has 3 aromatic rings. The molecule has 0 radical (unpaired) electrons. The number of fused-ring (bicyclic) bond motifs is 1. The highest BCUT2D eigenvalue weighted by molar-refractivity contribution is 5.97. The molecule has 0 aliphatic carbocycles. The van der Waals surface area contributed by atoms with E-state index in [0.29, 0.717) is 11.3 Å². The lowest BCUT2D eigenvalue weighted by atomic mass is 10.1. The number of para-hydroxylation sites is 1. The quantitative estimate of drug-likeness (QED) is 0.494. The summed E-state index contributed by atoms with van der Waals surface area (Å²) < 4.78 is 0. The van der Waals surface area contributed by atoms with Gasteiger partial charge in [0, 0.05) is 16.6 Å². The van der Waals surface area contributed by atoms with E-state index in [1.54, 1.807) is 18.2 Å². The Morgan fingerprint density at radius 2 is 1.77 bits per heavy atom. The number of rotatable bonds is 4. The summed E-state index contributed by atoms with van der Waals surface area (Å²) in [6, 6.07) is 14.1. The maximum atomic E-state index is 11.3. The third kappa shape index (κ3) is 3.51. The average molecular weight is 347 g/mol. The summed E-state index contributed by atoms with van der Waals surface area (Å²) in [5, 5.41) is 13.0. The summed E-state index contributed by atoms with van der Waals surface area (Å²) in [6.07, 6.45) is 0. The van der Waals surface area contributed by atoms with Gasteiger partial charge in [-0.3, -0.25) is 0 Å². The number of aromatic nitrogens is 2. The number of aryl methyl sites for hydroxylation is 1. The zero-order chi connectivity index (χ0) is 18.7. The number of nitrogens with one attached hydrogen (secondary N) is 1. The molecule has 130 valence electrons. The topological polar surface area (TPSA) is 113 Å². The van der Waals surface area contributed by atoms with Crippen molar-refractivity contribution in [2.45, 2.75) is 6.92 Å². The third-order valence-corrected chi connectivity index (χ3v) is 3.76. The molecule has 0 saturated heterocycles. The molecule has 0 spiro atoms. The Bertz CT molecular complexity index is 1040. The minimum Gasteiger partial charge on any atom is -0.478 e. The molecular formula is C19H17N5O2. The Hall–Kier alpha value is -3.74. The first-order valence-electron chi connectivity index (χ1n) is 7.82. The number of carbonyl (C=O) groups is 1. The highest BCUT2D eigenvalue weighted by Crippen LogP contribution is 2.18. The first-order valence-corrected chi connectivity index (χ1v) is 7.82. The van der Waals surface area contributed by atoms with Gasteiger partial charge in [-0.15, -0.1) is 0 Å². The van der Waals surface area contributed by atoms with Crippen molar-refractivity contribution in [3.05, 3.63) is 71.9 Å². The molecule has 0 aliphatic rings. The van der Waals surface area contributed by atoms with Gasteiger partial charge in [0.1, 0.15) is 0 Å². The van der Waals surface area contributed by atoms with Gasteiger partial charge in [-0.05, 0) is 19.1 Å². The van der Waals surface area contributed by atoms with E-state index in [-0.39, 0.29) is 17.5 Å². The number of aromatic carboxylic acids is 1. The van der Waals surface area contributed by atoms with Crippen LogP contribution in [0.2, 0.25) is 0 Å². The van der Waals surface area contributed by atoms with E-state index in [1.807, 2.05) is 31.2 Å². The highest BCUT2D eigenvalue weighted by atomic mass is 16.4. The number of carboxylic acid groups (broad SMARTS) is 1. The average Bonchev–Trinajstić information content (AvgIpc) is 2.61. The molecule has 0 bridgehead atoms. The van der Waals surface area contributed by atoms with E-state index in [9.17, 15) is 9.90 Å².